The standard InChI is InChI=1S/C14H13Cl3FN3/c1-6(2)13-20-12(17)7(3)14(21-13)19-11-9(15)4-8(18)5-10(11)16/h4-6H,1-3H3,(H,19,20,21). The van der Waals surface area contributed by atoms with Crippen LogP contribution in [0.4, 0.5) is 15.9 Å². The second-order valence-corrected chi connectivity index (χ2v) is 6.04. The normalized spacial score (nSPS) is 11.0. The van der Waals surface area contributed by atoms with Crippen molar-refractivity contribution in [1.29, 1.82) is 0 Å². The van der Waals surface area contributed by atoms with Crippen LogP contribution >= 0.6 is 34.8 Å². The summed E-state index contributed by atoms with van der Waals surface area (Å²) in [6.45, 7) is 5.70. The Kier molecular flexibility index (Phi) is 4.91. The van der Waals surface area contributed by atoms with Gasteiger partial charge >= 0.3 is 0 Å². The highest BCUT2D eigenvalue weighted by Crippen LogP contribution is 2.35. The van der Waals surface area contributed by atoms with Crippen molar-refractivity contribution in [2.24, 2.45) is 0 Å². The number of nitrogens with one attached hydrogen (secondary N) is 1. The number of halogens is 4. The van der Waals surface area contributed by atoms with Crippen molar-refractivity contribution in [2.45, 2.75) is 26.7 Å². The smallest absolute Gasteiger partial charge is 0.138 e. The molecule has 1 aromatic carbocycles. The molecule has 1 N–H and O–H groups in total. The van der Waals surface area contributed by atoms with E-state index >= 15 is 0 Å². The van der Waals surface area contributed by atoms with Gasteiger partial charge in [-0.2, -0.15) is 0 Å². The maximum atomic E-state index is 13.2. The number of aromatic nitrogens is 2. The van der Waals surface area contributed by atoms with E-state index in [2.05, 4.69) is 15.3 Å². The molecule has 0 unspecified atom stereocenters. The zero-order chi connectivity index (χ0) is 15.7. The molecule has 0 radical (unpaired) electrons. The van der Waals surface area contributed by atoms with Crippen molar-refractivity contribution in [3.8, 4) is 0 Å². The topological polar surface area (TPSA) is 37.8 Å². The zero-order valence-electron chi connectivity index (χ0n) is 11.6. The lowest BCUT2D eigenvalue weighted by Gasteiger charge is -2.15. The molecule has 0 saturated heterocycles. The van der Waals surface area contributed by atoms with Crippen molar-refractivity contribution >= 4 is 46.3 Å². The molecule has 2 rings (SSSR count). The van der Waals surface area contributed by atoms with Gasteiger partial charge in [0.05, 0.1) is 15.7 Å². The Balaban J connectivity index is 2.49. The first-order valence-electron chi connectivity index (χ1n) is 6.25. The van der Waals surface area contributed by atoms with Gasteiger partial charge in [0.2, 0.25) is 0 Å². The summed E-state index contributed by atoms with van der Waals surface area (Å²) >= 11 is 18.1. The Labute approximate surface area is 137 Å². The van der Waals surface area contributed by atoms with Crippen LogP contribution in [-0.2, 0) is 0 Å². The molecule has 3 nitrogen and oxygen atoms in total. The van der Waals surface area contributed by atoms with Crippen LogP contribution in [0.2, 0.25) is 15.2 Å². The van der Waals surface area contributed by atoms with E-state index in [1.54, 1.807) is 6.92 Å². The maximum Gasteiger partial charge on any atom is 0.138 e. The van der Waals surface area contributed by atoms with E-state index < -0.39 is 5.82 Å². The Morgan fingerprint density at radius 1 is 1.10 bits per heavy atom. The first-order valence-corrected chi connectivity index (χ1v) is 7.38. The van der Waals surface area contributed by atoms with Gasteiger partial charge in [0.15, 0.2) is 0 Å². The fourth-order valence-electron chi connectivity index (χ4n) is 1.67. The Morgan fingerprint density at radius 2 is 1.67 bits per heavy atom. The third-order valence-corrected chi connectivity index (χ3v) is 3.83. The van der Waals surface area contributed by atoms with E-state index in [9.17, 15) is 4.39 Å². The number of hydrogen-bond donors (Lipinski definition) is 1. The molecule has 0 aliphatic heterocycles. The Hall–Kier alpha value is -1.10. The highest BCUT2D eigenvalue weighted by Gasteiger charge is 2.15. The van der Waals surface area contributed by atoms with Crippen LogP contribution in [0.3, 0.4) is 0 Å². The highest BCUT2D eigenvalue weighted by atomic mass is 35.5. The van der Waals surface area contributed by atoms with E-state index in [0.29, 0.717) is 28.0 Å². The summed E-state index contributed by atoms with van der Waals surface area (Å²) in [5, 5.41) is 3.69. The molecule has 7 heteroatoms. The van der Waals surface area contributed by atoms with E-state index in [1.807, 2.05) is 13.8 Å². The predicted molar refractivity (Wildman–Crippen MR) is 85.6 cm³/mol. The molecule has 0 aliphatic rings. The molecule has 21 heavy (non-hydrogen) atoms. The first kappa shape index (κ1) is 16.3. The summed E-state index contributed by atoms with van der Waals surface area (Å²) < 4.78 is 13.2. The zero-order valence-corrected chi connectivity index (χ0v) is 13.9. The van der Waals surface area contributed by atoms with E-state index in [0.717, 1.165) is 0 Å². The van der Waals surface area contributed by atoms with E-state index in [-0.39, 0.29) is 16.0 Å². The SMILES string of the molecule is Cc1c(Cl)nc(C(C)C)nc1Nc1c(Cl)cc(F)cc1Cl. The van der Waals surface area contributed by atoms with Gasteiger partial charge in [-0.05, 0) is 19.1 Å². The minimum atomic E-state index is -0.504. The van der Waals surface area contributed by atoms with Crippen LogP contribution in [0.25, 0.3) is 0 Å². The second kappa shape index (κ2) is 6.34. The van der Waals surface area contributed by atoms with E-state index in [1.165, 1.54) is 12.1 Å². The van der Waals surface area contributed by atoms with Crippen molar-refractivity contribution < 1.29 is 4.39 Å². The molecule has 0 atom stereocenters. The monoisotopic (exact) mass is 347 g/mol. The van der Waals surface area contributed by atoms with Crippen molar-refractivity contribution in [3.63, 3.8) is 0 Å². The maximum absolute atomic E-state index is 13.2. The van der Waals surface area contributed by atoms with Crippen molar-refractivity contribution in [1.82, 2.24) is 9.97 Å². The molecule has 0 amide bonds. The van der Waals surface area contributed by atoms with Crippen molar-refractivity contribution in [3.05, 3.63) is 44.5 Å². The van der Waals surface area contributed by atoms with Crippen LogP contribution in [0.5, 0.6) is 0 Å². The van der Waals surface area contributed by atoms with Crippen LogP contribution < -0.4 is 5.32 Å². The van der Waals surface area contributed by atoms with Crippen LogP contribution in [0, 0.1) is 12.7 Å². The number of anilines is 2. The first-order chi connectivity index (χ1) is 9.79. The molecule has 0 aliphatic carbocycles. The molecule has 0 spiro atoms. The van der Waals surface area contributed by atoms with Gasteiger partial charge in [0, 0.05) is 11.5 Å². The Morgan fingerprint density at radius 3 is 2.19 bits per heavy atom. The average Bonchev–Trinajstić information content (AvgIpc) is 2.37. The lowest BCUT2D eigenvalue weighted by Crippen LogP contribution is -2.05. The molecular formula is C14H13Cl3FN3. The number of hydrogen-bond acceptors (Lipinski definition) is 3. The number of nitrogens with zero attached hydrogens (tertiary/aromatic N) is 2. The van der Waals surface area contributed by atoms with Gasteiger partial charge in [-0.15, -0.1) is 0 Å². The fraction of sp³-hybridized carbons (Fsp3) is 0.286. The summed E-state index contributed by atoms with van der Waals surface area (Å²) in [6.07, 6.45) is 0. The van der Waals surface area contributed by atoms with Crippen LogP contribution in [-0.4, -0.2) is 9.97 Å². The Bertz CT molecular complexity index is 666. The average molecular weight is 349 g/mol. The molecule has 0 fully saturated rings. The van der Waals surface area contributed by atoms with Gasteiger partial charge in [-0.1, -0.05) is 48.7 Å². The van der Waals surface area contributed by atoms with Crippen LogP contribution in [0.1, 0.15) is 31.2 Å². The third kappa shape index (κ3) is 3.57. The minimum absolute atomic E-state index is 0.114. The molecule has 1 aromatic heterocycles. The lowest BCUT2D eigenvalue weighted by atomic mass is 10.2. The quantitative estimate of drug-likeness (QED) is 0.717. The number of rotatable bonds is 3. The third-order valence-electron chi connectivity index (χ3n) is 2.87. The summed E-state index contributed by atoms with van der Waals surface area (Å²) in [7, 11) is 0. The summed E-state index contributed by atoms with van der Waals surface area (Å²) in [5.74, 6) is 0.704. The minimum Gasteiger partial charge on any atom is -0.337 e. The largest absolute Gasteiger partial charge is 0.337 e. The highest BCUT2D eigenvalue weighted by molar-refractivity contribution is 6.39. The molecule has 2 aromatic rings. The second-order valence-electron chi connectivity index (χ2n) is 4.87. The van der Waals surface area contributed by atoms with Crippen molar-refractivity contribution in [2.75, 3.05) is 5.32 Å². The molecule has 112 valence electrons. The van der Waals surface area contributed by atoms with Gasteiger partial charge in [0.25, 0.3) is 0 Å². The summed E-state index contributed by atoms with van der Waals surface area (Å²) in [4.78, 5) is 8.64. The van der Waals surface area contributed by atoms with Gasteiger partial charge in [0.1, 0.15) is 22.6 Å². The molecule has 1 heterocycles. The summed E-state index contributed by atoms with van der Waals surface area (Å²) in [6, 6.07) is 2.36. The van der Waals surface area contributed by atoms with Gasteiger partial charge in [-0.25, -0.2) is 14.4 Å². The predicted octanol–water partition coefficient (Wildman–Crippen LogP) is 5.75. The number of benzene rings is 1. The van der Waals surface area contributed by atoms with Gasteiger partial charge in [-0.3, -0.25) is 0 Å². The fourth-order valence-corrected chi connectivity index (χ4v) is 2.40. The van der Waals surface area contributed by atoms with E-state index in [4.69, 9.17) is 34.8 Å². The lowest BCUT2D eigenvalue weighted by molar-refractivity contribution is 0.628. The molecular weight excluding hydrogens is 336 g/mol. The van der Waals surface area contributed by atoms with Crippen LogP contribution in [0.15, 0.2) is 12.1 Å². The molecule has 0 bridgehead atoms. The van der Waals surface area contributed by atoms with Gasteiger partial charge < -0.3 is 5.32 Å². The summed E-state index contributed by atoms with van der Waals surface area (Å²) in [5.41, 5.74) is 1.05. The molecule has 0 saturated carbocycles.